The van der Waals surface area contributed by atoms with Gasteiger partial charge < -0.3 is 5.32 Å². The van der Waals surface area contributed by atoms with E-state index in [1.165, 1.54) is 22.9 Å². The van der Waals surface area contributed by atoms with E-state index in [0.717, 1.165) is 12.2 Å². The molecule has 1 heterocycles. The molecule has 0 aliphatic heterocycles. The third kappa shape index (κ3) is 3.32. The van der Waals surface area contributed by atoms with E-state index in [4.69, 9.17) is 0 Å². The van der Waals surface area contributed by atoms with E-state index in [9.17, 15) is 4.79 Å². The first-order valence-corrected chi connectivity index (χ1v) is 8.51. The van der Waals surface area contributed by atoms with Gasteiger partial charge in [-0.2, -0.15) is 0 Å². The standard InChI is InChI=1S/C16H20N4OS/c1-10-9-12-5-3-4-6-13(12)15(10)18-14(21)7-8-22-16-17-11(2)19-20-16/h3-6,10,15H,7-9H2,1-2H3,(H,18,21)(H,17,19,20). The lowest BCUT2D eigenvalue weighted by Crippen LogP contribution is -2.30. The fraction of sp³-hybridized carbons (Fsp3) is 0.438. The lowest BCUT2D eigenvalue weighted by molar-refractivity contribution is -0.121. The van der Waals surface area contributed by atoms with Crippen molar-refractivity contribution in [3.8, 4) is 0 Å². The minimum Gasteiger partial charge on any atom is -0.349 e. The number of aryl methyl sites for hydroxylation is 1. The van der Waals surface area contributed by atoms with Crippen LogP contribution >= 0.6 is 11.8 Å². The van der Waals surface area contributed by atoms with Gasteiger partial charge in [0.2, 0.25) is 11.1 Å². The second-order valence-electron chi connectivity index (χ2n) is 5.73. The molecule has 1 amide bonds. The second-order valence-corrected chi connectivity index (χ2v) is 6.79. The summed E-state index contributed by atoms with van der Waals surface area (Å²) < 4.78 is 0. The molecule has 2 N–H and O–H groups in total. The number of hydrogen-bond donors (Lipinski definition) is 2. The first kappa shape index (κ1) is 15.1. The molecule has 0 radical (unpaired) electrons. The summed E-state index contributed by atoms with van der Waals surface area (Å²) in [6.07, 6.45) is 1.51. The largest absolute Gasteiger partial charge is 0.349 e. The molecule has 6 heteroatoms. The summed E-state index contributed by atoms with van der Waals surface area (Å²) in [5.41, 5.74) is 2.62. The highest BCUT2D eigenvalue weighted by Gasteiger charge is 2.29. The highest BCUT2D eigenvalue weighted by atomic mass is 32.2. The number of benzene rings is 1. The zero-order valence-electron chi connectivity index (χ0n) is 12.8. The zero-order valence-corrected chi connectivity index (χ0v) is 13.6. The van der Waals surface area contributed by atoms with Gasteiger partial charge in [0.25, 0.3) is 0 Å². The summed E-state index contributed by atoms with van der Waals surface area (Å²) in [4.78, 5) is 16.4. The summed E-state index contributed by atoms with van der Waals surface area (Å²) in [6, 6.07) is 8.51. The lowest BCUT2D eigenvalue weighted by atomic mass is 10.0. The number of carbonyl (C=O) groups is 1. The van der Waals surface area contributed by atoms with E-state index in [2.05, 4.69) is 45.6 Å². The summed E-state index contributed by atoms with van der Waals surface area (Å²) >= 11 is 1.50. The number of nitrogens with one attached hydrogen (secondary N) is 2. The van der Waals surface area contributed by atoms with Crippen molar-refractivity contribution in [2.24, 2.45) is 5.92 Å². The van der Waals surface area contributed by atoms with Gasteiger partial charge in [-0.3, -0.25) is 9.89 Å². The van der Waals surface area contributed by atoms with Crippen LogP contribution in [-0.2, 0) is 11.2 Å². The Kier molecular flexibility index (Phi) is 4.47. The molecule has 5 nitrogen and oxygen atoms in total. The Morgan fingerprint density at radius 2 is 2.27 bits per heavy atom. The topological polar surface area (TPSA) is 70.7 Å². The molecule has 1 aromatic heterocycles. The van der Waals surface area contributed by atoms with E-state index >= 15 is 0 Å². The van der Waals surface area contributed by atoms with Gasteiger partial charge in [0.05, 0.1) is 6.04 Å². The first-order valence-electron chi connectivity index (χ1n) is 7.52. The minimum atomic E-state index is 0.0910. The van der Waals surface area contributed by atoms with E-state index in [1.807, 2.05) is 13.0 Å². The van der Waals surface area contributed by atoms with Gasteiger partial charge in [-0.05, 0) is 30.4 Å². The highest BCUT2D eigenvalue weighted by molar-refractivity contribution is 7.99. The zero-order chi connectivity index (χ0) is 15.5. The Bertz CT molecular complexity index is 670. The third-order valence-corrected chi connectivity index (χ3v) is 4.80. The maximum absolute atomic E-state index is 12.2. The van der Waals surface area contributed by atoms with Gasteiger partial charge in [0.15, 0.2) is 0 Å². The molecule has 0 saturated heterocycles. The van der Waals surface area contributed by atoms with Crippen LogP contribution in [-0.4, -0.2) is 26.8 Å². The Morgan fingerprint density at radius 1 is 1.45 bits per heavy atom. The van der Waals surface area contributed by atoms with Crippen molar-refractivity contribution < 1.29 is 4.79 Å². The number of amides is 1. The highest BCUT2D eigenvalue weighted by Crippen LogP contribution is 2.35. The molecule has 0 spiro atoms. The van der Waals surface area contributed by atoms with Crippen molar-refractivity contribution in [3.05, 3.63) is 41.2 Å². The van der Waals surface area contributed by atoms with Crippen molar-refractivity contribution in [1.82, 2.24) is 20.5 Å². The SMILES string of the molecule is Cc1nc(SCCC(=O)NC2c3ccccc3CC2C)n[nH]1. The van der Waals surface area contributed by atoms with Crippen LogP contribution in [0.25, 0.3) is 0 Å². The van der Waals surface area contributed by atoms with Crippen molar-refractivity contribution in [2.45, 2.75) is 37.9 Å². The summed E-state index contributed by atoms with van der Waals surface area (Å²) in [6.45, 7) is 4.05. The summed E-state index contributed by atoms with van der Waals surface area (Å²) in [5, 5.41) is 10.7. The van der Waals surface area contributed by atoms with Gasteiger partial charge in [0, 0.05) is 12.2 Å². The molecule has 2 atom stereocenters. The molecule has 1 aliphatic rings. The molecule has 2 unspecified atom stereocenters. The smallest absolute Gasteiger partial charge is 0.221 e. The average molecular weight is 316 g/mol. The predicted octanol–water partition coefficient (Wildman–Crippen LogP) is 2.65. The predicted molar refractivity (Wildman–Crippen MR) is 86.7 cm³/mol. The van der Waals surface area contributed by atoms with E-state index in [0.29, 0.717) is 23.2 Å². The number of nitrogens with zero attached hydrogens (tertiary/aromatic N) is 2. The molecular weight excluding hydrogens is 296 g/mol. The molecule has 22 heavy (non-hydrogen) atoms. The van der Waals surface area contributed by atoms with Crippen molar-refractivity contribution in [2.75, 3.05) is 5.75 Å². The lowest BCUT2D eigenvalue weighted by Gasteiger charge is -2.18. The van der Waals surface area contributed by atoms with Gasteiger partial charge in [-0.15, -0.1) is 5.10 Å². The third-order valence-electron chi connectivity index (χ3n) is 3.95. The van der Waals surface area contributed by atoms with Crippen LogP contribution in [0.2, 0.25) is 0 Å². The van der Waals surface area contributed by atoms with Crippen LogP contribution in [0.4, 0.5) is 0 Å². The van der Waals surface area contributed by atoms with Crippen LogP contribution in [0.1, 0.15) is 36.3 Å². The molecular formula is C16H20N4OS. The van der Waals surface area contributed by atoms with Crippen molar-refractivity contribution in [1.29, 1.82) is 0 Å². The Hall–Kier alpha value is -1.82. The molecule has 0 bridgehead atoms. The van der Waals surface area contributed by atoms with E-state index in [-0.39, 0.29) is 11.9 Å². The normalized spacial score (nSPS) is 19.9. The number of hydrogen-bond acceptors (Lipinski definition) is 4. The van der Waals surface area contributed by atoms with Crippen LogP contribution in [0, 0.1) is 12.8 Å². The minimum absolute atomic E-state index is 0.0910. The Morgan fingerprint density at radius 3 is 3.05 bits per heavy atom. The number of aromatic amines is 1. The second kappa shape index (κ2) is 6.52. The monoisotopic (exact) mass is 316 g/mol. The molecule has 1 aromatic carbocycles. The molecule has 2 aromatic rings. The summed E-state index contributed by atoms with van der Waals surface area (Å²) in [7, 11) is 0. The molecule has 0 fully saturated rings. The number of H-pyrrole nitrogens is 1. The number of fused-ring (bicyclic) bond motifs is 1. The number of thioether (sulfide) groups is 1. The molecule has 116 valence electrons. The van der Waals surface area contributed by atoms with Crippen molar-refractivity contribution in [3.63, 3.8) is 0 Å². The average Bonchev–Trinajstić information content (AvgIpc) is 3.03. The van der Waals surface area contributed by atoms with Gasteiger partial charge in [-0.25, -0.2) is 4.98 Å². The van der Waals surface area contributed by atoms with E-state index in [1.54, 1.807) is 0 Å². The maximum atomic E-state index is 12.2. The van der Waals surface area contributed by atoms with Crippen LogP contribution < -0.4 is 5.32 Å². The van der Waals surface area contributed by atoms with Gasteiger partial charge in [0.1, 0.15) is 5.82 Å². The number of aromatic nitrogens is 3. The van der Waals surface area contributed by atoms with Crippen LogP contribution in [0.15, 0.2) is 29.4 Å². The van der Waals surface area contributed by atoms with Crippen LogP contribution in [0.5, 0.6) is 0 Å². The molecule has 0 saturated carbocycles. The maximum Gasteiger partial charge on any atom is 0.221 e. The molecule has 3 rings (SSSR count). The first-order chi connectivity index (χ1) is 10.6. The van der Waals surface area contributed by atoms with Gasteiger partial charge in [-0.1, -0.05) is 43.0 Å². The van der Waals surface area contributed by atoms with Crippen LogP contribution in [0.3, 0.4) is 0 Å². The van der Waals surface area contributed by atoms with Gasteiger partial charge >= 0.3 is 0 Å². The van der Waals surface area contributed by atoms with E-state index < -0.39 is 0 Å². The fourth-order valence-electron chi connectivity index (χ4n) is 2.88. The quantitative estimate of drug-likeness (QED) is 0.832. The van der Waals surface area contributed by atoms with Crippen molar-refractivity contribution >= 4 is 17.7 Å². The fourth-order valence-corrected chi connectivity index (χ4v) is 3.66. The Balaban J connectivity index is 1.51. The molecule has 1 aliphatic carbocycles. The Labute approximate surface area is 134 Å². The number of carbonyl (C=O) groups excluding carboxylic acids is 1. The number of rotatable bonds is 5. The summed E-state index contributed by atoms with van der Waals surface area (Å²) in [5.74, 6) is 2.02.